The van der Waals surface area contributed by atoms with Crippen LogP contribution in [0.15, 0.2) is 140 Å². The van der Waals surface area contributed by atoms with Crippen molar-refractivity contribution in [1.29, 1.82) is 0 Å². The molecular weight excluding hydrogens is 992 g/mol. The molecule has 8 aromatic rings. The van der Waals surface area contributed by atoms with E-state index in [-0.39, 0.29) is 35.6 Å². The highest BCUT2D eigenvalue weighted by atomic mass is 19.1. The van der Waals surface area contributed by atoms with Gasteiger partial charge in [0.25, 0.3) is 11.8 Å². The van der Waals surface area contributed by atoms with Crippen molar-refractivity contribution >= 4 is 57.9 Å². The van der Waals surface area contributed by atoms with Crippen LogP contribution < -0.4 is 22.1 Å². The number of nitrogens with one attached hydrogen (secondary N) is 2. The van der Waals surface area contributed by atoms with E-state index >= 15 is 0 Å². The number of likely N-dealkylation sites (N-methyl/N-ethyl adjacent to an activating group) is 2. The molecule has 20 nitrogen and oxygen atoms in total. The fraction of sp³-hybridized carbons (Fsp3) is 0.263. The summed E-state index contributed by atoms with van der Waals surface area (Å²) in [6.45, 7) is 2.68. The Morgan fingerprint density at radius 3 is 1.58 bits per heavy atom. The molecule has 0 aliphatic carbocycles. The second-order valence-corrected chi connectivity index (χ2v) is 19.4. The largest absolute Gasteiger partial charge is 0.382 e. The van der Waals surface area contributed by atoms with Gasteiger partial charge in [-0.15, -0.1) is 0 Å². The number of carbonyl (C=O) groups excluding carboxylic acids is 4. The molecule has 2 fully saturated rings. The van der Waals surface area contributed by atoms with E-state index in [9.17, 15) is 23.6 Å². The second kappa shape index (κ2) is 24.2. The van der Waals surface area contributed by atoms with E-state index < -0.39 is 11.7 Å². The van der Waals surface area contributed by atoms with E-state index in [0.29, 0.717) is 83.0 Å². The number of halogens is 1. The summed E-state index contributed by atoms with van der Waals surface area (Å²) in [4.78, 5) is 86.0. The monoisotopic (exact) mass is 1050 g/mol. The van der Waals surface area contributed by atoms with Gasteiger partial charge < -0.3 is 41.7 Å². The van der Waals surface area contributed by atoms with Gasteiger partial charge in [0.1, 0.15) is 63.2 Å². The van der Waals surface area contributed by atoms with Crippen molar-refractivity contribution in [3.05, 3.63) is 169 Å². The Morgan fingerprint density at radius 1 is 0.603 bits per heavy atom. The number of aromatic nitrogens is 8. The summed E-state index contributed by atoms with van der Waals surface area (Å²) in [6, 6.07) is 21.3. The Bertz CT molecular complexity index is 3510. The molecule has 0 saturated carbocycles. The number of likely N-dealkylation sites (tertiary alicyclic amines) is 2. The van der Waals surface area contributed by atoms with E-state index in [1.165, 1.54) is 12.3 Å². The Kier molecular flexibility index (Phi) is 16.6. The molecule has 2 aliphatic rings. The van der Waals surface area contributed by atoms with Crippen LogP contribution in [0.4, 0.5) is 27.7 Å². The molecule has 2 atom stereocenters. The van der Waals surface area contributed by atoms with Gasteiger partial charge in [0.15, 0.2) is 0 Å². The van der Waals surface area contributed by atoms with Crippen molar-refractivity contribution in [3.8, 4) is 22.5 Å². The molecule has 0 spiro atoms. The van der Waals surface area contributed by atoms with Crippen LogP contribution in [-0.2, 0) is 9.59 Å². The maximum Gasteiger partial charge on any atom is 0.256 e. The number of imidazole rings is 2. The first-order chi connectivity index (χ1) is 37.7. The van der Waals surface area contributed by atoms with Gasteiger partial charge in [-0.1, -0.05) is 42.5 Å². The molecule has 10 rings (SSSR count). The molecular formula is C57H61FN16O4. The van der Waals surface area contributed by atoms with E-state index in [1.807, 2.05) is 99.3 Å². The first-order valence-corrected chi connectivity index (χ1v) is 25.6. The fourth-order valence-corrected chi connectivity index (χ4v) is 9.58. The molecule has 78 heavy (non-hydrogen) atoms. The van der Waals surface area contributed by atoms with E-state index in [2.05, 4.69) is 30.6 Å². The number of amides is 4. The molecule has 2 aliphatic heterocycles. The van der Waals surface area contributed by atoms with Crippen LogP contribution in [0.25, 0.3) is 33.5 Å². The van der Waals surface area contributed by atoms with E-state index in [0.717, 1.165) is 55.1 Å². The molecule has 0 unspecified atom stereocenters. The first-order valence-electron chi connectivity index (χ1n) is 25.6. The lowest BCUT2D eigenvalue weighted by atomic mass is 10.0. The summed E-state index contributed by atoms with van der Waals surface area (Å²) in [5.41, 5.74) is 17.6. The standard InChI is InChI=1S/C29H31FN8O2.C28H30N8O2/c1-36(2)15-5-7-24(39)37-16-4-3-6-22(37)28-35-25(26-27(31)33-14-17-38(26)28)19-8-10-20(11-9-19)29(40)34-23-18-21(30)12-13-32-23;1-34(2)16-6-9-23(37)35-17-5-7-21(35)27-33-24(25-26(29)31-15-18-36(25)27)19-10-12-20(13-11-19)28(38)32-22-8-3-4-14-30-22/h5,7-14,17-18,22H,3-4,6,15-16H2,1-2H3,(H2,31,33)(H,32,34,40);3-4,6,8-15,18,21H,5,7,16-17H2,1-2H3,(H2,29,31)(H,30,32,38)/b7-5+;9-6+/t22-;21-/m00/s1. The van der Waals surface area contributed by atoms with Gasteiger partial charge in [0.05, 0.1) is 12.1 Å². The highest BCUT2D eigenvalue weighted by Crippen LogP contribution is 2.38. The zero-order valence-corrected chi connectivity index (χ0v) is 43.8. The van der Waals surface area contributed by atoms with Gasteiger partial charge in [0, 0.05) is 104 Å². The topological polar surface area (TPSA) is 244 Å². The van der Waals surface area contributed by atoms with Crippen LogP contribution in [-0.4, -0.2) is 136 Å². The number of hydrogen-bond acceptors (Lipinski definition) is 14. The number of piperidine rings is 1. The van der Waals surface area contributed by atoms with E-state index in [1.54, 1.807) is 79.3 Å². The van der Waals surface area contributed by atoms with E-state index in [4.69, 9.17) is 21.4 Å². The number of nitrogens with two attached hydrogens (primary N) is 2. The Morgan fingerprint density at radius 2 is 1.09 bits per heavy atom. The Balaban J connectivity index is 0.000000190. The van der Waals surface area contributed by atoms with Crippen molar-refractivity contribution in [2.45, 2.75) is 44.2 Å². The summed E-state index contributed by atoms with van der Waals surface area (Å²) in [6.07, 6.45) is 21.2. The Labute approximate surface area is 450 Å². The fourth-order valence-electron chi connectivity index (χ4n) is 9.58. The maximum absolute atomic E-state index is 13.5. The number of carbonyl (C=O) groups is 4. The number of anilines is 4. The lowest BCUT2D eigenvalue weighted by molar-refractivity contribution is -0.130. The van der Waals surface area contributed by atoms with Gasteiger partial charge in [0.2, 0.25) is 11.8 Å². The van der Waals surface area contributed by atoms with Crippen LogP contribution in [0.5, 0.6) is 0 Å². The highest BCUT2D eigenvalue weighted by Gasteiger charge is 2.34. The van der Waals surface area contributed by atoms with Gasteiger partial charge in [-0.25, -0.2) is 34.3 Å². The molecule has 2 saturated heterocycles. The predicted octanol–water partition coefficient (Wildman–Crippen LogP) is 7.34. The second-order valence-electron chi connectivity index (χ2n) is 19.4. The molecule has 4 amide bonds. The molecule has 8 heterocycles. The van der Waals surface area contributed by atoms with Crippen LogP contribution in [0.3, 0.4) is 0 Å². The lowest BCUT2D eigenvalue weighted by Gasteiger charge is -2.34. The van der Waals surface area contributed by atoms with Gasteiger partial charge in [-0.3, -0.25) is 28.0 Å². The highest BCUT2D eigenvalue weighted by molar-refractivity contribution is 6.05. The minimum Gasteiger partial charge on any atom is -0.382 e. The lowest BCUT2D eigenvalue weighted by Crippen LogP contribution is -2.38. The van der Waals surface area contributed by atoms with Gasteiger partial charge in [-0.2, -0.15) is 0 Å². The van der Waals surface area contributed by atoms with Crippen molar-refractivity contribution in [2.24, 2.45) is 0 Å². The zero-order valence-electron chi connectivity index (χ0n) is 43.8. The molecule has 21 heteroatoms. The molecule has 6 aromatic heterocycles. The van der Waals surface area contributed by atoms with Gasteiger partial charge in [-0.05, 0) is 103 Å². The molecule has 0 bridgehead atoms. The maximum atomic E-state index is 13.5. The number of hydrogen-bond donors (Lipinski definition) is 4. The van der Waals surface area contributed by atoms with Crippen molar-refractivity contribution in [2.75, 3.05) is 76.5 Å². The SMILES string of the molecule is CN(C)C/C=C/C(=O)N1CCCC[C@H]1c1nc(-c2ccc(C(=O)Nc3cc(F)ccn3)cc2)c2c(N)nccn12.CN(C)C/C=C/C(=O)N1CCC[C@H]1c1nc(-c2ccc(C(=O)Nc3ccccn3)cc2)c2c(N)nccn12. The van der Waals surface area contributed by atoms with Gasteiger partial charge >= 0.3 is 0 Å². The summed E-state index contributed by atoms with van der Waals surface area (Å²) in [7, 11) is 7.83. The quantitative estimate of drug-likeness (QED) is 0.0779. The van der Waals surface area contributed by atoms with Crippen LogP contribution >= 0.6 is 0 Å². The van der Waals surface area contributed by atoms with Crippen LogP contribution in [0.1, 0.15) is 76.6 Å². The third-order valence-corrected chi connectivity index (χ3v) is 13.3. The summed E-state index contributed by atoms with van der Waals surface area (Å²) < 4.78 is 17.3. The summed E-state index contributed by atoms with van der Waals surface area (Å²) in [5.74, 6) is 1.49. The molecule has 400 valence electrons. The predicted molar refractivity (Wildman–Crippen MR) is 297 cm³/mol. The minimum absolute atomic E-state index is 0.0297. The van der Waals surface area contributed by atoms with Crippen molar-refractivity contribution in [1.82, 2.24) is 58.3 Å². The first kappa shape index (κ1) is 53.6. The number of fused-ring (bicyclic) bond motifs is 2. The smallest absolute Gasteiger partial charge is 0.256 e. The average molecular weight is 1050 g/mol. The van der Waals surface area contributed by atoms with Crippen molar-refractivity contribution < 1.29 is 23.6 Å². The normalized spacial score (nSPS) is 15.6. The third kappa shape index (κ3) is 12.2. The molecule has 0 radical (unpaired) electrons. The summed E-state index contributed by atoms with van der Waals surface area (Å²) >= 11 is 0. The minimum atomic E-state index is -0.489. The summed E-state index contributed by atoms with van der Waals surface area (Å²) in [5, 5.41) is 5.38. The molecule has 2 aromatic carbocycles. The van der Waals surface area contributed by atoms with Crippen molar-refractivity contribution in [3.63, 3.8) is 0 Å². The van der Waals surface area contributed by atoms with Crippen LogP contribution in [0.2, 0.25) is 0 Å². The Hall–Kier alpha value is -9.21. The number of nitrogen functional groups attached to an aromatic ring is 2. The number of rotatable bonds is 14. The number of pyridine rings is 2. The zero-order chi connectivity index (χ0) is 54.9. The third-order valence-electron chi connectivity index (χ3n) is 13.3. The number of benzene rings is 2. The van der Waals surface area contributed by atoms with Crippen LogP contribution in [0, 0.1) is 5.82 Å². The molecule has 6 N–H and O–H groups in total. The average Bonchev–Trinajstić information content (AvgIpc) is 4.37. The number of nitrogens with zero attached hydrogens (tertiary/aromatic N) is 12.